The number of aryl methyl sites for hydroxylation is 1. The van der Waals surface area contributed by atoms with Crippen LogP contribution in [0, 0.1) is 12.3 Å². The summed E-state index contributed by atoms with van der Waals surface area (Å²) in [5, 5.41) is 25.0. The van der Waals surface area contributed by atoms with Crippen LogP contribution in [0.4, 0.5) is 5.82 Å². The van der Waals surface area contributed by atoms with Gasteiger partial charge in [-0.2, -0.15) is 9.61 Å². The van der Waals surface area contributed by atoms with E-state index >= 15 is 0 Å². The van der Waals surface area contributed by atoms with Crippen molar-refractivity contribution < 1.29 is 19.7 Å². The van der Waals surface area contributed by atoms with Crippen LogP contribution in [0.25, 0.3) is 17.0 Å². The molecule has 186 valence electrons. The molecule has 1 aliphatic rings. The zero-order chi connectivity index (χ0) is 25.4. The van der Waals surface area contributed by atoms with Crippen molar-refractivity contribution in [3.8, 4) is 23.0 Å². The highest BCUT2D eigenvalue weighted by Crippen LogP contribution is 2.37. The van der Waals surface area contributed by atoms with E-state index in [1.165, 1.54) is 0 Å². The summed E-state index contributed by atoms with van der Waals surface area (Å²) in [6.07, 6.45) is 0.167. The fourth-order valence-corrected chi connectivity index (χ4v) is 4.54. The van der Waals surface area contributed by atoms with Crippen molar-refractivity contribution in [3.63, 3.8) is 0 Å². The first-order valence-corrected chi connectivity index (χ1v) is 12.0. The zero-order valence-corrected chi connectivity index (χ0v) is 20.5. The molecule has 4 heterocycles. The Morgan fingerprint density at radius 3 is 2.44 bits per heavy atom. The molecular formula is C27H29N5O4. The van der Waals surface area contributed by atoms with E-state index in [-0.39, 0.29) is 11.0 Å². The van der Waals surface area contributed by atoms with E-state index in [4.69, 9.17) is 9.84 Å². The molecule has 0 amide bonds. The summed E-state index contributed by atoms with van der Waals surface area (Å²) >= 11 is 0. The number of aliphatic hydroxyl groups excluding tert-OH is 1. The molecule has 5 rings (SSSR count). The van der Waals surface area contributed by atoms with Crippen LogP contribution < -0.4 is 9.64 Å². The molecule has 4 aromatic rings. The maximum atomic E-state index is 11.8. The summed E-state index contributed by atoms with van der Waals surface area (Å²) in [5.41, 5.74) is 2.64. The third kappa shape index (κ3) is 4.61. The number of ether oxygens (including phenoxy) is 1. The number of hydrogen-bond acceptors (Lipinski definition) is 7. The SMILES string of the molecule is Cc1nc2cc(-c3cccc(Oc4ccccc4)n3)nn2c(N2CCC(C)(C)CC2)c1[C@H](O)C(=O)O. The van der Waals surface area contributed by atoms with Gasteiger partial charge in [-0.25, -0.2) is 14.8 Å². The number of rotatable bonds is 6. The molecule has 1 saturated heterocycles. The van der Waals surface area contributed by atoms with Crippen LogP contribution in [0.3, 0.4) is 0 Å². The molecular weight excluding hydrogens is 458 g/mol. The van der Waals surface area contributed by atoms with E-state index in [0.717, 1.165) is 25.9 Å². The van der Waals surface area contributed by atoms with E-state index in [2.05, 4.69) is 28.7 Å². The lowest BCUT2D eigenvalue weighted by atomic mass is 9.82. The summed E-state index contributed by atoms with van der Waals surface area (Å²) in [7, 11) is 0. The number of carboxylic acid groups (broad SMARTS) is 1. The minimum atomic E-state index is -1.71. The van der Waals surface area contributed by atoms with Crippen molar-refractivity contribution in [1.82, 2.24) is 19.6 Å². The van der Waals surface area contributed by atoms with Crippen LogP contribution in [0.5, 0.6) is 11.6 Å². The van der Waals surface area contributed by atoms with Crippen molar-refractivity contribution in [2.24, 2.45) is 5.41 Å². The summed E-state index contributed by atoms with van der Waals surface area (Å²) in [6, 6.07) is 16.7. The van der Waals surface area contributed by atoms with Gasteiger partial charge >= 0.3 is 5.97 Å². The van der Waals surface area contributed by atoms with E-state index in [1.807, 2.05) is 48.5 Å². The Kier molecular flexibility index (Phi) is 6.09. The van der Waals surface area contributed by atoms with Gasteiger partial charge in [-0.3, -0.25) is 0 Å². The highest BCUT2D eigenvalue weighted by Gasteiger charge is 2.33. The number of aliphatic hydroxyl groups is 1. The number of carbonyl (C=O) groups is 1. The van der Waals surface area contributed by atoms with Gasteiger partial charge in [0.25, 0.3) is 0 Å². The standard InChI is InChI=1S/C27H29N5O4/c1-17-23(24(33)26(34)35)25(31-14-12-27(2,3)13-15-31)32-21(28-17)16-20(30-32)19-10-7-11-22(29-19)36-18-8-5-4-6-9-18/h4-11,16,24,33H,12-15H2,1-3H3,(H,34,35)/t24-/m0/s1. The monoisotopic (exact) mass is 487 g/mol. The number of nitrogens with zero attached hydrogens (tertiary/aromatic N) is 5. The molecule has 0 bridgehead atoms. The number of para-hydroxylation sites is 1. The minimum absolute atomic E-state index is 0.196. The molecule has 0 radical (unpaired) electrons. The molecule has 1 fully saturated rings. The predicted octanol–water partition coefficient (Wildman–Crippen LogP) is 4.64. The van der Waals surface area contributed by atoms with Crippen LogP contribution in [0.2, 0.25) is 0 Å². The van der Waals surface area contributed by atoms with Crippen LogP contribution in [-0.4, -0.2) is 48.9 Å². The highest BCUT2D eigenvalue weighted by atomic mass is 16.5. The number of aromatic nitrogens is 4. The van der Waals surface area contributed by atoms with Gasteiger partial charge in [0.15, 0.2) is 11.8 Å². The van der Waals surface area contributed by atoms with Gasteiger partial charge < -0.3 is 19.8 Å². The average molecular weight is 488 g/mol. The number of piperidine rings is 1. The molecule has 0 spiro atoms. The van der Waals surface area contributed by atoms with E-state index in [1.54, 1.807) is 17.5 Å². The number of fused-ring (bicyclic) bond motifs is 1. The molecule has 1 aliphatic heterocycles. The molecule has 2 N–H and O–H groups in total. The fraction of sp³-hybridized carbons (Fsp3) is 0.333. The number of aliphatic carboxylic acids is 1. The quantitative estimate of drug-likeness (QED) is 0.405. The van der Waals surface area contributed by atoms with Crippen LogP contribution in [0.15, 0.2) is 54.6 Å². The molecule has 1 aromatic carbocycles. The van der Waals surface area contributed by atoms with Crippen molar-refractivity contribution in [2.45, 2.75) is 39.7 Å². The Morgan fingerprint density at radius 1 is 1.03 bits per heavy atom. The Hall–Kier alpha value is -3.98. The predicted molar refractivity (Wildman–Crippen MR) is 135 cm³/mol. The second-order valence-corrected chi connectivity index (χ2v) is 9.90. The molecule has 1 atom stereocenters. The molecule has 36 heavy (non-hydrogen) atoms. The summed E-state index contributed by atoms with van der Waals surface area (Å²) in [4.78, 5) is 23.1. The number of hydrogen-bond donors (Lipinski definition) is 2. The molecule has 9 nitrogen and oxygen atoms in total. The first kappa shape index (κ1) is 23.7. The number of benzene rings is 1. The molecule has 0 saturated carbocycles. The van der Waals surface area contributed by atoms with Gasteiger partial charge in [-0.15, -0.1) is 0 Å². The lowest BCUT2D eigenvalue weighted by Crippen LogP contribution is -2.39. The van der Waals surface area contributed by atoms with Crippen LogP contribution >= 0.6 is 0 Å². The Balaban J connectivity index is 1.60. The molecule has 0 unspecified atom stereocenters. The fourth-order valence-electron chi connectivity index (χ4n) is 4.54. The van der Waals surface area contributed by atoms with Gasteiger partial charge in [0.05, 0.1) is 11.3 Å². The van der Waals surface area contributed by atoms with Gasteiger partial charge in [-0.1, -0.05) is 38.1 Å². The summed E-state index contributed by atoms with van der Waals surface area (Å²) in [6.45, 7) is 7.62. The Labute approximate surface area is 209 Å². The average Bonchev–Trinajstić information content (AvgIpc) is 3.27. The second-order valence-electron chi connectivity index (χ2n) is 9.90. The van der Waals surface area contributed by atoms with Crippen molar-refractivity contribution in [1.29, 1.82) is 0 Å². The van der Waals surface area contributed by atoms with Gasteiger partial charge in [0, 0.05) is 30.9 Å². The molecule has 0 aliphatic carbocycles. The van der Waals surface area contributed by atoms with E-state index in [0.29, 0.717) is 40.2 Å². The van der Waals surface area contributed by atoms with Gasteiger partial charge in [0.1, 0.15) is 17.3 Å². The van der Waals surface area contributed by atoms with Crippen molar-refractivity contribution in [2.75, 3.05) is 18.0 Å². The largest absolute Gasteiger partial charge is 0.479 e. The third-order valence-electron chi connectivity index (χ3n) is 6.68. The topological polar surface area (TPSA) is 113 Å². The lowest BCUT2D eigenvalue weighted by Gasteiger charge is -2.39. The summed E-state index contributed by atoms with van der Waals surface area (Å²) < 4.78 is 7.51. The van der Waals surface area contributed by atoms with Crippen molar-refractivity contribution in [3.05, 3.63) is 65.9 Å². The first-order valence-electron chi connectivity index (χ1n) is 12.0. The lowest BCUT2D eigenvalue weighted by molar-refractivity contribution is -0.147. The molecule has 9 heteroatoms. The van der Waals surface area contributed by atoms with E-state index < -0.39 is 12.1 Å². The van der Waals surface area contributed by atoms with Crippen LogP contribution in [-0.2, 0) is 4.79 Å². The maximum absolute atomic E-state index is 11.8. The highest BCUT2D eigenvalue weighted by molar-refractivity contribution is 5.78. The zero-order valence-electron chi connectivity index (χ0n) is 20.5. The normalized spacial score (nSPS) is 16.2. The minimum Gasteiger partial charge on any atom is -0.479 e. The Morgan fingerprint density at radius 2 is 1.75 bits per heavy atom. The van der Waals surface area contributed by atoms with Crippen LogP contribution in [0.1, 0.15) is 44.1 Å². The third-order valence-corrected chi connectivity index (χ3v) is 6.68. The number of anilines is 1. The Bertz CT molecular complexity index is 1410. The molecule has 3 aromatic heterocycles. The van der Waals surface area contributed by atoms with Crippen molar-refractivity contribution >= 4 is 17.4 Å². The smallest absolute Gasteiger partial charge is 0.337 e. The summed E-state index contributed by atoms with van der Waals surface area (Å²) in [5.74, 6) is 0.348. The second kappa shape index (κ2) is 9.23. The van der Waals surface area contributed by atoms with Gasteiger partial charge in [-0.05, 0) is 43.4 Å². The number of carboxylic acids is 1. The first-order chi connectivity index (χ1) is 17.2. The van der Waals surface area contributed by atoms with Gasteiger partial charge in [0.2, 0.25) is 5.88 Å². The maximum Gasteiger partial charge on any atom is 0.337 e. The van der Waals surface area contributed by atoms with E-state index in [9.17, 15) is 15.0 Å². The number of pyridine rings is 1.